The van der Waals surface area contributed by atoms with E-state index in [1.807, 2.05) is 4.90 Å². The number of nitrogens with zero attached hydrogens (tertiary/aromatic N) is 3. The minimum Gasteiger partial charge on any atom is -0.296 e. The number of hydrogen-bond donors (Lipinski definition) is 0. The second-order valence-corrected chi connectivity index (χ2v) is 8.18. The van der Waals surface area contributed by atoms with Gasteiger partial charge in [-0.2, -0.15) is 4.31 Å². The van der Waals surface area contributed by atoms with Gasteiger partial charge in [0.1, 0.15) is 11.6 Å². The van der Waals surface area contributed by atoms with Crippen molar-refractivity contribution in [1.82, 2.24) is 14.2 Å². The van der Waals surface area contributed by atoms with E-state index < -0.39 is 21.7 Å². The lowest BCUT2D eigenvalue weighted by atomic mass is 10.1. The molecule has 0 amide bonds. The van der Waals surface area contributed by atoms with Gasteiger partial charge in [0.2, 0.25) is 10.0 Å². The Bertz CT molecular complexity index is 840. The predicted molar refractivity (Wildman–Crippen MR) is 90.0 cm³/mol. The Morgan fingerprint density at radius 1 is 1.20 bits per heavy atom. The van der Waals surface area contributed by atoms with Gasteiger partial charge in [0, 0.05) is 50.2 Å². The standard InChI is InChI=1S/C17H19F2N3O2S/c1-25(23,24)22(9-13-4-6-20-7-5-13)16-11-21(12-16)10-14-2-3-15(18)8-17(14)19/h2-8,16H,9-12H2,1H3. The summed E-state index contributed by atoms with van der Waals surface area (Å²) in [6.45, 7) is 1.63. The van der Waals surface area contributed by atoms with Gasteiger partial charge in [-0.25, -0.2) is 17.2 Å². The van der Waals surface area contributed by atoms with Gasteiger partial charge >= 0.3 is 0 Å². The number of aromatic nitrogens is 1. The highest BCUT2D eigenvalue weighted by Gasteiger charge is 2.36. The number of halogens is 2. The fourth-order valence-electron chi connectivity index (χ4n) is 2.93. The summed E-state index contributed by atoms with van der Waals surface area (Å²) in [5.41, 5.74) is 1.27. The van der Waals surface area contributed by atoms with Crippen molar-refractivity contribution in [2.24, 2.45) is 0 Å². The lowest BCUT2D eigenvalue weighted by molar-refractivity contribution is 0.0689. The molecule has 0 aliphatic carbocycles. The summed E-state index contributed by atoms with van der Waals surface area (Å²) in [5.74, 6) is -1.19. The van der Waals surface area contributed by atoms with E-state index in [9.17, 15) is 17.2 Å². The molecule has 1 saturated heterocycles. The second-order valence-electron chi connectivity index (χ2n) is 6.25. The van der Waals surface area contributed by atoms with Crippen LogP contribution in [-0.2, 0) is 23.1 Å². The lowest BCUT2D eigenvalue weighted by Gasteiger charge is -2.44. The van der Waals surface area contributed by atoms with Crippen molar-refractivity contribution in [3.63, 3.8) is 0 Å². The third kappa shape index (κ3) is 4.39. The molecule has 1 aromatic heterocycles. The molecule has 0 unspecified atom stereocenters. The minimum atomic E-state index is -3.37. The summed E-state index contributed by atoms with van der Waals surface area (Å²) in [6.07, 6.45) is 4.44. The molecule has 1 aromatic carbocycles. The Labute approximate surface area is 146 Å². The summed E-state index contributed by atoms with van der Waals surface area (Å²) in [7, 11) is -3.37. The molecular formula is C17H19F2N3O2S. The Kier molecular flexibility index (Phi) is 5.12. The van der Waals surface area contributed by atoms with Crippen LogP contribution in [0.15, 0.2) is 42.7 Å². The molecule has 25 heavy (non-hydrogen) atoms. The molecule has 0 atom stereocenters. The molecule has 0 bridgehead atoms. The fraction of sp³-hybridized carbons (Fsp3) is 0.353. The average Bonchev–Trinajstić information content (AvgIpc) is 2.50. The number of sulfonamides is 1. The van der Waals surface area contributed by atoms with Crippen LogP contribution in [0.4, 0.5) is 8.78 Å². The number of rotatable bonds is 6. The van der Waals surface area contributed by atoms with Crippen LogP contribution in [0.3, 0.4) is 0 Å². The first-order valence-electron chi connectivity index (χ1n) is 7.85. The quantitative estimate of drug-likeness (QED) is 0.784. The molecule has 1 aliphatic heterocycles. The summed E-state index contributed by atoms with van der Waals surface area (Å²) in [5, 5.41) is 0. The highest BCUT2D eigenvalue weighted by molar-refractivity contribution is 7.88. The van der Waals surface area contributed by atoms with E-state index in [0.717, 1.165) is 11.6 Å². The summed E-state index contributed by atoms with van der Waals surface area (Å²) >= 11 is 0. The Balaban J connectivity index is 1.64. The van der Waals surface area contributed by atoms with Crippen molar-refractivity contribution in [3.05, 3.63) is 65.5 Å². The topological polar surface area (TPSA) is 53.5 Å². The zero-order valence-electron chi connectivity index (χ0n) is 13.8. The number of pyridine rings is 1. The normalized spacial score (nSPS) is 16.2. The average molecular weight is 367 g/mol. The summed E-state index contributed by atoms with van der Waals surface area (Å²) in [6, 6.07) is 6.90. The molecule has 8 heteroatoms. The van der Waals surface area contributed by atoms with Gasteiger partial charge < -0.3 is 0 Å². The van der Waals surface area contributed by atoms with E-state index in [4.69, 9.17) is 0 Å². The van der Waals surface area contributed by atoms with Gasteiger partial charge in [-0.15, -0.1) is 0 Å². The number of hydrogen-bond acceptors (Lipinski definition) is 4. The van der Waals surface area contributed by atoms with Crippen LogP contribution in [0.25, 0.3) is 0 Å². The van der Waals surface area contributed by atoms with E-state index in [1.165, 1.54) is 22.7 Å². The second kappa shape index (κ2) is 7.15. The third-order valence-corrected chi connectivity index (χ3v) is 5.55. The number of likely N-dealkylation sites (tertiary alicyclic amines) is 1. The molecule has 2 aromatic rings. The third-order valence-electron chi connectivity index (χ3n) is 4.27. The zero-order chi connectivity index (χ0) is 18.0. The molecule has 0 spiro atoms. The first-order valence-corrected chi connectivity index (χ1v) is 9.70. The van der Waals surface area contributed by atoms with Gasteiger partial charge in [0.25, 0.3) is 0 Å². The first kappa shape index (κ1) is 17.9. The highest BCUT2D eigenvalue weighted by atomic mass is 32.2. The van der Waals surface area contributed by atoms with Crippen LogP contribution in [0.5, 0.6) is 0 Å². The molecule has 1 fully saturated rings. The molecule has 2 heterocycles. The first-order chi connectivity index (χ1) is 11.8. The summed E-state index contributed by atoms with van der Waals surface area (Å²) < 4.78 is 52.4. The van der Waals surface area contributed by atoms with Crippen LogP contribution in [0.1, 0.15) is 11.1 Å². The van der Waals surface area contributed by atoms with Crippen LogP contribution in [0.2, 0.25) is 0 Å². The molecule has 3 rings (SSSR count). The fourth-order valence-corrected chi connectivity index (χ4v) is 3.99. The van der Waals surface area contributed by atoms with Gasteiger partial charge in [-0.3, -0.25) is 9.88 Å². The van der Waals surface area contributed by atoms with Crippen molar-refractivity contribution in [2.45, 2.75) is 19.1 Å². The largest absolute Gasteiger partial charge is 0.296 e. The molecule has 134 valence electrons. The molecule has 1 aliphatic rings. The highest BCUT2D eigenvalue weighted by Crippen LogP contribution is 2.23. The molecular weight excluding hydrogens is 348 g/mol. The van der Waals surface area contributed by atoms with Crippen molar-refractivity contribution < 1.29 is 17.2 Å². The summed E-state index contributed by atoms with van der Waals surface area (Å²) in [4.78, 5) is 5.86. The van der Waals surface area contributed by atoms with E-state index in [0.29, 0.717) is 25.2 Å². The van der Waals surface area contributed by atoms with E-state index in [-0.39, 0.29) is 12.6 Å². The van der Waals surface area contributed by atoms with Gasteiger partial charge in [0.05, 0.1) is 12.3 Å². The Morgan fingerprint density at radius 3 is 2.48 bits per heavy atom. The molecule has 0 radical (unpaired) electrons. The predicted octanol–water partition coefficient (Wildman–Crippen LogP) is 2.01. The van der Waals surface area contributed by atoms with Crippen molar-refractivity contribution in [2.75, 3.05) is 19.3 Å². The molecule has 0 saturated carbocycles. The van der Waals surface area contributed by atoms with Crippen molar-refractivity contribution in [1.29, 1.82) is 0 Å². The molecule has 0 N–H and O–H groups in total. The SMILES string of the molecule is CS(=O)(=O)N(Cc1ccncc1)C1CN(Cc2ccc(F)cc2F)C1. The zero-order valence-corrected chi connectivity index (χ0v) is 14.6. The monoisotopic (exact) mass is 367 g/mol. The van der Waals surface area contributed by atoms with E-state index in [1.54, 1.807) is 24.5 Å². The van der Waals surface area contributed by atoms with Crippen molar-refractivity contribution >= 4 is 10.0 Å². The van der Waals surface area contributed by atoms with Gasteiger partial charge in [0.15, 0.2) is 0 Å². The van der Waals surface area contributed by atoms with Crippen LogP contribution >= 0.6 is 0 Å². The van der Waals surface area contributed by atoms with Crippen LogP contribution < -0.4 is 0 Å². The van der Waals surface area contributed by atoms with E-state index in [2.05, 4.69) is 4.98 Å². The maximum Gasteiger partial charge on any atom is 0.211 e. The van der Waals surface area contributed by atoms with Crippen LogP contribution in [-0.4, -0.2) is 48.0 Å². The lowest BCUT2D eigenvalue weighted by Crippen LogP contribution is -2.59. The van der Waals surface area contributed by atoms with E-state index >= 15 is 0 Å². The van der Waals surface area contributed by atoms with Gasteiger partial charge in [-0.05, 0) is 23.8 Å². The Hall–Kier alpha value is -1.90. The Morgan fingerprint density at radius 2 is 1.88 bits per heavy atom. The molecule has 5 nitrogen and oxygen atoms in total. The smallest absolute Gasteiger partial charge is 0.211 e. The van der Waals surface area contributed by atoms with Crippen molar-refractivity contribution in [3.8, 4) is 0 Å². The maximum absolute atomic E-state index is 13.7. The number of benzene rings is 1. The minimum absolute atomic E-state index is 0.160. The van der Waals surface area contributed by atoms with Crippen LogP contribution in [0, 0.1) is 11.6 Å². The van der Waals surface area contributed by atoms with Gasteiger partial charge in [-0.1, -0.05) is 6.07 Å². The maximum atomic E-state index is 13.7.